The molecule has 0 spiro atoms. The van der Waals surface area contributed by atoms with Gasteiger partial charge in [0.25, 0.3) is 5.91 Å². The summed E-state index contributed by atoms with van der Waals surface area (Å²) < 4.78 is 17.4. The van der Waals surface area contributed by atoms with E-state index in [1.807, 2.05) is 6.92 Å². The number of carbonyl (C=O) groups excluding carboxylic acids is 2. The summed E-state index contributed by atoms with van der Waals surface area (Å²) in [7, 11) is 1.26. The summed E-state index contributed by atoms with van der Waals surface area (Å²) in [6, 6.07) is 2.39. The zero-order valence-corrected chi connectivity index (χ0v) is 11.2. The largest absolute Gasteiger partial charge is 0.467 e. The summed E-state index contributed by atoms with van der Waals surface area (Å²) >= 11 is 0. The lowest BCUT2D eigenvalue weighted by Crippen LogP contribution is -2.52. The van der Waals surface area contributed by atoms with Crippen molar-refractivity contribution < 1.29 is 18.7 Å². The van der Waals surface area contributed by atoms with Gasteiger partial charge in [0.2, 0.25) is 0 Å². The Morgan fingerprint density at radius 3 is 2.63 bits per heavy atom. The van der Waals surface area contributed by atoms with Crippen LogP contribution in [0, 0.1) is 5.82 Å². The molecular formula is C13H17FN2O3. The third kappa shape index (κ3) is 3.74. The summed E-state index contributed by atoms with van der Waals surface area (Å²) in [5.74, 6) is -1.59. The van der Waals surface area contributed by atoms with E-state index in [1.165, 1.54) is 13.2 Å². The molecule has 5 nitrogen and oxygen atoms in total. The van der Waals surface area contributed by atoms with Crippen molar-refractivity contribution in [2.24, 2.45) is 0 Å². The first-order valence-corrected chi connectivity index (χ1v) is 5.95. The van der Waals surface area contributed by atoms with E-state index < -0.39 is 23.2 Å². The van der Waals surface area contributed by atoms with Crippen LogP contribution >= 0.6 is 0 Å². The van der Waals surface area contributed by atoms with Crippen LogP contribution in [-0.2, 0) is 9.53 Å². The first kappa shape index (κ1) is 15.1. The highest BCUT2D eigenvalue weighted by Crippen LogP contribution is 2.15. The van der Waals surface area contributed by atoms with Gasteiger partial charge in [-0.25, -0.2) is 14.2 Å². The summed E-state index contributed by atoms with van der Waals surface area (Å²) in [6.45, 7) is 3.48. The van der Waals surface area contributed by atoms with Crippen LogP contribution in [0.2, 0.25) is 0 Å². The quantitative estimate of drug-likeness (QED) is 0.825. The number of nitrogens with zero attached hydrogens (tertiary/aromatic N) is 1. The maximum Gasteiger partial charge on any atom is 0.331 e. The Kier molecular flexibility index (Phi) is 4.97. The first-order chi connectivity index (χ1) is 8.92. The number of esters is 1. The number of halogens is 1. The lowest BCUT2D eigenvalue weighted by atomic mass is 9.96. The molecule has 1 N–H and O–H groups in total. The second kappa shape index (κ2) is 6.26. The van der Waals surface area contributed by atoms with Gasteiger partial charge in [-0.2, -0.15) is 0 Å². The summed E-state index contributed by atoms with van der Waals surface area (Å²) in [5.41, 5.74) is -1.07. The van der Waals surface area contributed by atoms with Crippen LogP contribution in [0.4, 0.5) is 4.39 Å². The molecule has 1 amide bonds. The number of rotatable bonds is 5. The van der Waals surface area contributed by atoms with Crippen molar-refractivity contribution in [3.05, 3.63) is 29.8 Å². The molecule has 1 rings (SSSR count). The molecule has 1 unspecified atom stereocenters. The molecule has 1 atom stereocenters. The molecular weight excluding hydrogens is 251 g/mol. The zero-order chi connectivity index (χ0) is 14.5. The Balaban J connectivity index is 2.87. The number of methoxy groups -OCH3 is 1. The molecule has 1 aromatic heterocycles. The molecule has 19 heavy (non-hydrogen) atoms. The van der Waals surface area contributed by atoms with Gasteiger partial charge in [0.15, 0.2) is 0 Å². The molecule has 1 heterocycles. The first-order valence-electron chi connectivity index (χ1n) is 5.95. The minimum absolute atomic E-state index is 0.0487. The molecule has 104 valence electrons. The normalized spacial score (nSPS) is 13.5. The van der Waals surface area contributed by atoms with Crippen LogP contribution in [0.3, 0.4) is 0 Å². The molecule has 0 fully saturated rings. The minimum atomic E-state index is -1.11. The van der Waals surface area contributed by atoms with Gasteiger partial charge >= 0.3 is 5.97 Å². The Morgan fingerprint density at radius 2 is 2.16 bits per heavy atom. The number of ether oxygens (including phenoxy) is 1. The predicted octanol–water partition coefficient (Wildman–Crippen LogP) is 1.68. The van der Waals surface area contributed by atoms with Gasteiger partial charge in [0, 0.05) is 0 Å². The molecule has 0 aliphatic carbocycles. The highest BCUT2D eigenvalue weighted by atomic mass is 19.1. The Bertz CT molecular complexity index is 461. The third-order valence-electron chi connectivity index (χ3n) is 2.74. The van der Waals surface area contributed by atoms with Crippen molar-refractivity contribution >= 4 is 11.9 Å². The standard InChI is InChI=1S/C13H17FN2O3/c1-4-7-13(2,12(18)19-3)16-11(17)10-6-5-9(14)8-15-10/h5-6,8H,4,7H2,1-3H3,(H,16,17). The fourth-order valence-electron chi connectivity index (χ4n) is 1.77. The van der Waals surface area contributed by atoms with Crippen LogP contribution in [-0.4, -0.2) is 29.5 Å². The van der Waals surface area contributed by atoms with Crippen molar-refractivity contribution in [1.82, 2.24) is 10.3 Å². The van der Waals surface area contributed by atoms with Gasteiger partial charge in [0.1, 0.15) is 17.1 Å². The highest BCUT2D eigenvalue weighted by Gasteiger charge is 2.35. The van der Waals surface area contributed by atoms with Crippen molar-refractivity contribution in [3.63, 3.8) is 0 Å². The van der Waals surface area contributed by atoms with Gasteiger partial charge < -0.3 is 10.1 Å². The maximum absolute atomic E-state index is 12.7. The second-order valence-electron chi connectivity index (χ2n) is 4.39. The number of pyridine rings is 1. The Morgan fingerprint density at radius 1 is 1.47 bits per heavy atom. The topological polar surface area (TPSA) is 68.3 Å². The van der Waals surface area contributed by atoms with Gasteiger partial charge in [-0.05, 0) is 25.5 Å². The molecule has 0 saturated carbocycles. The molecule has 0 radical (unpaired) electrons. The monoisotopic (exact) mass is 268 g/mol. The molecule has 1 aromatic rings. The van der Waals surface area contributed by atoms with Gasteiger partial charge in [-0.3, -0.25) is 4.79 Å². The molecule has 0 saturated heterocycles. The van der Waals surface area contributed by atoms with Crippen LogP contribution in [0.5, 0.6) is 0 Å². The minimum Gasteiger partial charge on any atom is -0.467 e. The zero-order valence-electron chi connectivity index (χ0n) is 11.2. The average Bonchev–Trinajstić information content (AvgIpc) is 2.38. The van der Waals surface area contributed by atoms with E-state index in [0.29, 0.717) is 12.8 Å². The smallest absolute Gasteiger partial charge is 0.331 e. The SMILES string of the molecule is CCCC(C)(NC(=O)c1ccc(F)cn1)C(=O)OC. The van der Waals surface area contributed by atoms with Crippen molar-refractivity contribution in [1.29, 1.82) is 0 Å². The lowest BCUT2D eigenvalue weighted by molar-refractivity contribution is -0.147. The predicted molar refractivity (Wildman–Crippen MR) is 67.0 cm³/mol. The van der Waals surface area contributed by atoms with Crippen LogP contribution in [0.1, 0.15) is 37.2 Å². The van der Waals surface area contributed by atoms with Gasteiger partial charge in [-0.1, -0.05) is 13.3 Å². The van der Waals surface area contributed by atoms with Crippen molar-refractivity contribution in [2.75, 3.05) is 7.11 Å². The van der Waals surface area contributed by atoms with Gasteiger partial charge in [-0.15, -0.1) is 0 Å². The number of hydrogen-bond donors (Lipinski definition) is 1. The maximum atomic E-state index is 12.7. The van der Waals surface area contributed by atoms with E-state index in [-0.39, 0.29) is 5.69 Å². The van der Waals surface area contributed by atoms with Crippen molar-refractivity contribution in [3.8, 4) is 0 Å². The highest BCUT2D eigenvalue weighted by molar-refractivity contribution is 5.96. The molecule has 6 heteroatoms. The summed E-state index contributed by atoms with van der Waals surface area (Å²) in [6.07, 6.45) is 2.08. The van der Waals surface area contributed by atoms with E-state index in [0.717, 1.165) is 12.3 Å². The molecule has 0 aliphatic heterocycles. The summed E-state index contributed by atoms with van der Waals surface area (Å²) in [5, 5.41) is 2.58. The lowest BCUT2D eigenvalue weighted by Gasteiger charge is -2.27. The van der Waals surface area contributed by atoms with E-state index in [1.54, 1.807) is 6.92 Å². The van der Waals surface area contributed by atoms with Crippen LogP contribution in [0.25, 0.3) is 0 Å². The molecule has 0 aromatic carbocycles. The Labute approximate surface area is 111 Å². The van der Waals surface area contributed by atoms with E-state index in [4.69, 9.17) is 0 Å². The Hall–Kier alpha value is -1.98. The van der Waals surface area contributed by atoms with E-state index in [9.17, 15) is 14.0 Å². The fourth-order valence-corrected chi connectivity index (χ4v) is 1.77. The number of aromatic nitrogens is 1. The second-order valence-corrected chi connectivity index (χ2v) is 4.39. The van der Waals surface area contributed by atoms with Gasteiger partial charge in [0.05, 0.1) is 13.3 Å². The van der Waals surface area contributed by atoms with E-state index in [2.05, 4.69) is 15.0 Å². The number of nitrogens with one attached hydrogen (secondary N) is 1. The summed E-state index contributed by atoms with van der Waals surface area (Å²) in [4.78, 5) is 27.4. The van der Waals surface area contributed by atoms with Crippen LogP contribution < -0.4 is 5.32 Å². The van der Waals surface area contributed by atoms with Crippen LogP contribution in [0.15, 0.2) is 18.3 Å². The fraction of sp³-hybridized carbons (Fsp3) is 0.462. The number of carbonyl (C=O) groups is 2. The molecule has 0 bridgehead atoms. The molecule has 0 aliphatic rings. The van der Waals surface area contributed by atoms with Crippen molar-refractivity contribution in [2.45, 2.75) is 32.2 Å². The van der Waals surface area contributed by atoms with E-state index >= 15 is 0 Å². The number of hydrogen-bond acceptors (Lipinski definition) is 4. The average molecular weight is 268 g/mol. The number of amides is 1. The third-order valence-corrected chi connectivity index (χ3v) is 2.74.